The fourth-order valence-corrected chi connectivity index (χ4v) is 2.56. The summed E-state index contributed by atoms with van der Waals surface area (Å²) < 4.78 is 0. The number of piperidine rings is 1. The Hall–Kier alpha value is -1.56. The molecule has 0 bridgehead atoms. The number of amides is 2. The van der Waals surface area contributed by atoms with Crippen LogP contribution in [-0.4, -0.2) is 36.3 Å². The summed E-state index contributed by atoms with van der Waals surface area (Å²) in [5, 5.41) is 3.61. The Balaban J connectivity index is 1.86. The zero-order valence-electron chi connectivity index (χ0n) is 9.39. The van der Waals surface area contributed by atoms with Crippen LogP contribution in [0.1, 0.15) is 22.5 Å². The van der Waals surface area contributed by atoms with E-state index in [1.165, 1.54) is 11.3 Å². The summed E-state index contributed by atoms with van der Waals surface area (Å²) in [5.41, 5.74) is 5.58. The van der Waals surface area contributed by atoms with Gasteiger partial charge in [-0.3, -0.25) is 9.59 Å². The number of carbonyl (C=O) groups is 2. The maximum absolute atomic E-state index is 11.8. The second-order valence-electron chi connectivity index (χ2n) is 4.09. The first kappa shape index (κ1) is 11.9. The zero-order chi connectivity index (χ0) is 12.3. The van der Waals surface area contributed by atoms with Crippen LogP contribution in [-0.2, 0) is 4.79 Å². The predicted molar refractivity (Wildman–Crippen MR) is 66.9 cm³/mol. The molecule has 2 heterocycles. The van der Waals surface area contributed by atoms with Gasteiger partial charge in [0.1, 0.15) is 0 Å². The summed E-state index contributed by atoms with van der Waals surface area (Å²) in [5.74, 6) is -0.0729. The Morgan fingerprint density at radius 1 is 1.47 bits per heavy atom. The highest BCUT2D eigenvalue weighted by Gasteiger charge is 2.20. The number of nitrogens with zero attached hydrogens (tertiary/aromatic N) is 1. The van der Waals surface area contributed by atoms with E-state index in [2.05, 4.69) is 5.32 Å². The number of likely N-dealkylation sites (tertiary alicyclic amines) is 1. The monoisotopic (exact) mass is 253 g/mol. The van der Waals surface area contributed by atoms with Crippen LogP contribution in [0.25, 0.3) is 0 Å². The van der Waals surface area contributed by atoms with Crippen LogP contribution in [0.3, 0.4) is 0 Å². The van der Waals surface area contributed by atoms with Gasteiger partial charge in [-0.15, -0.1) is 11.3 Å². The molecular formula is C11H15N3O2S. The summed E-state index contributed by atoms with van der Waals surface area (Å²) in [6.07, 6.45) is 2.48. The lowest BCUT2D eigenvalue weighted by molar-refractivity contribution is -0.119. The topological polar surface area (TPSA) is 75.4 Å². The maximum Gasteiger partial charge on any atom is 0.261 e. The molecule has 0 radical (unpaired) electrons. The number of nitrogen functional groups attached to an aromatic ring is 1. The van der Waals surface area contributed by atoms with E-state index in [0.29, 0.717) is 23.0 Å². The maximum atomic E-state index is 11.8. The summed E-state index contributed by atoms with van der Waals surface area (Å²) in [6.45, 7) is 1.42. The van der Waals surface area contributed by atoms with Crippen LogP contribution < -0.4 is 11.1 Å². The number of rotatable bonds is 3. The Morgan fingerprint density at radius 2 is 2.18 bits per heavy atom. The average Bonchev–Trinajstić information content (AvgIpc) is 2.77. The molecule has 1 aromatic heterocycles. The third-order valence-corrected chi connectivity index (χ3v) is 3.78. The van der Waals surface area contributed by atoms with E-state index in [1.807, 2.05) is 0 Å². The molecule has 2 amide bonds. The van der Waals surface area contributed by atoms with E-state index in [0.717, 1.165) is 19.3 Å². The molecule has 17 heavy (non-hydrogen) atoms. The van der Waals surface area contributed by atoms with E-state index < -0.39 is 0 Å². The van der Waals surface area contributed by atoms with Crippen LogP contribution >= 0.6 is 11.3 Å². The van der Waals surface area contributed by atoms with Gasteiger partial charge in [0.25, 0.3) is 5.91 Å². The van der Waals surface area contributed by atoms with Gasteiger partial charge in [0, 0.05) is 19.1 Å². The van der Waals surface area contributed by atoms with Gasteiger partial charge >= 0.3 is 0 Å². The van der Waals surface area contributed by atoms with Gasteiger partial charge in [-0.05, 0) is 25.0 Å². The first-order chi connectivity index (χ1) is 8.19. The molecule has 0 aromatic carbocycles. The molecule has 0 unspecified atom stereocenters. The van der Waals surface area contributed by atoms with Crippen molar-refractivity contribution < 1.29 is 9.59 Å². The molecule has 3 N–H and O–H groups in total. The van der Waals surface area contributed by atoms with Crippen molar-refractivity contribution in [3.8, 4) is 0 Å². The van der Waals surface area contributed by atoms with Gasteiger partial charge in [0.05, 0.1) is 9.88 Å². The Labute approximate surface area is 104 Å². The molecule has 6 heteroatoms. The third-order valence-electron chi connectivity index (χ3n) is 2.86. The highest BCUT2D eigenvalue weighted by atomic mass is 32.1. The van der Waals surface area contributed by atoms with Crippen molar-refractivity contribution >= 4 is 28.7 Å². The average molecular weight is 253 g/mol. The summed E-state index contributed by atoms with van der Waals surface area (Å²) >= 11 is 1.29. The van der Waals surface area contributed by atoms with E-state index in [-0.39, 0.29) is 11.9 Å². The number of carbonyl (C=O) groups excluding carboxylic acids is 2. The van der Waals surface area contributed by atoms with Crippen LogP contribution in [0, 0.1) is 0 Å². The highest BCUT2D eigenvalue weighted by Crippen LogP contribution is 2.18. The zero-order valence-corrected chi connectivity index (χ0v) is 10.2. The van der Waals surface area contributed by atoms with Crippen molar-refractivity contribution in [2.24, 2.45) is 0 Å². The lowest BCUT2D eigenvalue weighted by Crippen LogP contribution is -2.44. The van der Waals surface area contributed by atoms with Gasteiger partial charge in [0.15, 0.2) is 0 Å². The molecule has 0 aliphatic carbocycles. The first-order valence-corrected chi connectivity index (χ1v) is 6.36. The van der Waals surface area contributed by atoms with Crippen molar-refractivity contribution in [1.82, 2.24) is 10.2 Å². The summed E-state index contributed by atoms with van der Waals surface area (Å²) in [7, 11) is 0. The number of nitrogens with two attached hydrogens (primary N) is 1. The number of hydrogen-bond acceptors (Lipinski definition) is 4. The lowest BCUT2D eigenvalue weighted by atomic mass is 10.1. The van der Waals surface area contributed by atoms with Crippen molar-refractivity contribution in [3.63, 3.8) is 0 Å². The summed E-state index contributed by atoms with van der Waals surface area (Å²) in [4.78, 5) is 24.7. The molecule has 1 aliphatic rings. The Bertz CT molecular complexity index is 411. The van der Waals surface area contributed by atoms with Gasteiger partial charge in [-0.1, -0.05) is 0 Å². The van der Waals surface area contributed by atoms with Gasteiger partial charge in [0.2, 0.25) is 6.41 Å². The minimum atomic E-state index is -0.0729. The lowest BCUT2D eigenvalue weighted by Gasteiger charge is -2.29. The third kappa shape index (κ3) is 2.97. The van der Waals surface area contributed by atoms with Crippen molar-refractivity contribution in [3.05, 3.63) is 17.0 Å². The first-order valence-electron chi connectivity index (χ1n) is 5.54. The second kappa shape index (κ2) is 5.18. The smallest absolute Gasteiger partial charge is 0.261 e. The van der Waals surface area contributed by atoms with E-state index >= 15 is 0 Å². The molecule has 5 nitrogen and oxygen atoms in total. The van der Waals surface area contributed by atoms with E-state index in [4.69, 9.17) is 5.73 Å². The SMILES string of the molecule is Nc1ccc(C(=O)NC2CCN(C=O)CC2)s1. The van der Waals surface area contributed by atoms with Crippen molar-refractivity contribution in [2.75, 3.05) is 18.8 Å². The summed E-state index contributed by atoms with van der Waals surface area (Å²) in [6, 6.07) is 3.62. The number of nitrogens with one attached hydrogen (secondary N) is 1. The molecule has 1 fully saturated rings. The Morgan fingerprint density at radius 3 is 2.71 bits per heavy atom. The van der Waals surface area contributed by atoms with Crippen molar-refractivity contribution in [2.45, 2.75) is 18.9 Å². The molecule has 0 atom stereocenters. The number of anilines is 1. The minimum Gasteiger partial charge on any atom is -0.391 e. The minimum absolute atomic E-state index is 0.0729. The van der Waals surface area contributed by atoms with Crippen molar-refractivity contribution in [1.29, 1.82) is 0 Å². The standard InChI is InChI=1S/C11H15N3O2S/c12-10-2-1-9(17-10)11(16)13-8-3-5-14(7-15)6-4-8/h1-2,7-8H,3-6,12H2,(H,13,16). The van der Waals surface area contributed by atoms with E-state index in [9.17, 15) is 9.59 Å². The largest absolute Gasteiger partial charge is 0.391 e. The molecule has 0 saturated carbocycles. The van der Waals surface area contributed by atoms with Crippen LogP contribution in [0.2, 0.25) is 0 Å². The van der Waals surface area contributed by atoms with Crippen LogP contribution in [0.4, 0.5) is 5.00 Å². The van der Waals surface area contributed by atoms with Gasteiger partial charge in [-0.2, -0.15) is 0 Å². The fourth-order valence-electron chi connectivity index (χ4n) is 1.88. The Kier molecular flexibility index (Phi) is 3.63. The molecule has 1 aliphatic heterocycles. The fraction of sp³-hybridized carbons (Fsp3) is 0.455. The highest BCUT2D eigenvalue weighted by molar-refractivity contribution is 7.17. The molecule has 92 valence electrons. The number of hydrogen-bond donors (Lipinski definition) is 2. The molecule has 1 saturated heterocycles. The van der Waals surface area contributed by atoms with Crippen LogP contribution in [0.15, 0.2) is 12.1 Å². The van der Waals surface area contributed by atoms with Gasteiger partial charge in [-0.25, -0.2) is 0 Å². The predicted octanol–water partition coefficient (Wildman–Crippen LogP) is 0.681. The molecular weight excluding hydrogens is 238 g/mol. The quantitative estimate of drug-likeness (QED) is 0.778. The molecule has 1 aromatic rings. The number of thiophene rings is 1. The van der Waals surface area contributed by atoms with E-state index in [1.54, 1.807) is 17.0 Å². The van der Waals surface area contributed by atoms with Gasteiger partial charge < -0.3 is 16.0 Å². The molecule has 0 spiro atoms. The molecule has 2 rings (SSSR count). The van der Waals surface area contributed by atoms with Crippen LogP contribution in [0.5, 0.6) is 0 Å². The second-order valence-corrected chi connectivity index (χ2v) is 5.21. The normalized spacial score (nSPS) is 16.8.